The maximum atomic E-state index is 11.2. The smallest absolute Gasteiger partial charge is 0.248 e. The van der Waals surface area contributed by atoms with Crippen LogP contribution in [0.5, 0.6) is 0 Å². The largest absolute Gasteiger partial charge is 0.463 e. The summed E-state index contributed by atoms with van der Waals surface area (Å²) in [7, 11) is 0. The molecule has 0 saturated carbocycles. The second-order valence-electron chi connectivity index (χ2n) is 5.76. The van der Waals surface area contributed by atoms with Gasteiger partial charge in [-0.25, -0.2) is 4.98 Å². The Balaban J connectivity index is 1.81. The molecule has 0 unspecified atom stereocenters. The van der Waals surface area contributed by atoms with Crippen LogP contribution in [0.2, 0.25) is 0 Å². The van der Waals surface area contributed by atoms with E-state index in [1.807, 2.05) is 35.7 Å². The summed E-state index contributed by atoms with van der Waals surface area (Å²) in [5.41, 5.74) is 8.69. The number of amides is 1. The lowest BCUT2D eigenvalue weighted by atomic mass is 10.2. The first-order valence-electron chi connectivity index (χ1n) is 7.96. The summed E-state index contributed by atoms with van der Waals surface area (Å²) in [6.45, 7) is 1.98. The van der Waals surface area contributed by atoms with Crippen LogP contribution in [0.15, 0.2) is 75.6 Å². The molecule has 2 N–H and O–H groups in total. The minimum absolute atomic E-state index is 0.422. The molecule has 4 aromatic rings. The summed E-state index contributed by atoms with van der Waals surface area (Å²) in [4.78, 5) is 15.8. The third-order valence-corrected chi connectivity index (χ3v) is 3.99. The molecule has 0 aliphatic rings. The van der Waals surface area contributed by atoms with Gasteiger partial charge in [0.1, 0.15) is 5.65 Å². The minimum atomic E-state index is -0.481. The molecule has 0 saturated heterocycles. The fourth-order valence-electron chi connectivity index (χ4n) is 2.66. The molecule has 7 nitrogen and oxygen atoms in total. The third-order valence-electron chi connectivity index (χ3n) is 3.99. The highest BCUT2D eigenvalue weighted by molar-refractivity contribution is 5.93. The predicted molar refractivity (Wildman–Crippen MR) is 96.8 cm³/mol. The number of imidazole rings is 1. The number of azo groups is 1. The number of nitrogens with zero attached hydrogens (tertiary/aromatic N) is 4. The highest BCUT2D eigenvalue weighted by atomic mass is 16.3. The van der Waals surface area contributed by atoms with Gasteiger partial charge in [-0.1, -0.05) is 6.07 Å². The lowest BCUT2D eigenvalue weighted by molar-refractivity contribution is 0.100. The van der Waals surface area contributed by atoms with Gasteiger partial charge < -0.3 is 10.2 Å². The average molecular weight is 345 g/mol. The Labute approximate surface area is 148 Å². The van der Waals surface area contributed by atoms with E-state index in [2.05, 4.69) is 15.2 Å². The Morgan fingerprint density at radius 3 is 2.62 bits per heavy atom. The number of pyridine rings is 1. The molecule has 26 heavy (non-hydrogen) atoms. The van der Waals surface area contributed by atoms with Gasteiger partial charge in [0.05, 0.1) is 12.0 Å². The Hall–Kier alpha value is -3.74. The molecule has 0 aliphatic carbocycles. The van der Waals surface area contributed by atoms with Crippen molar-refractivity contribution >= 4 is 23.1 Å². The zero-order valence-corrected chi connectivity index (χ0v) is 14.0. The summed E-state index contributed by atoms with van der Waals surface area (Å²) < 4.78 is 7.36. The van der Waals surface area contributed by atoms with Crippen molar-refractivity contribution in [2.75, 3.05) is 0 Å². The monoisotopic (exact) mass is 345 g/mol. The summed E-state index contributed by atoms with van der Waals surface area (Å²) >= 11 is 0. The van der Waals surface area contributed by atoms with Gasteiger partial charge in [0, 0.05) is 11.8 Å². The average Bonchev–Trinajstić information content (AvgIpc) is 3.28. The van der Waals surface area contributed by atoms with Crippen molar-refractivity contribution < 1.29 is 9.21 Å². The van der Waals surface area contributed by atoms with E-state index in [0.717, 1.165) is 11.2 Å². The number of benzene rings is 1. The molecule has 3 heterocycles. The molecular formula is C19H15N5O2. The van der Waals surface area contributed by atoms with Crippen molar-refractivity contribution in [3.63, 3.8) is 0 Å². The lowest BCUT2D eigenvalue weighted by Crippen LogP contribution is -2.10. The number of rotatable bonds is 4. The van der Waals surface area contributed by atoms with Crippen molar-refractivity contribution in [1.29, 1.82) is 0 Å². The number of fused-ring (bicyclic) bond motifs is 1. The first-order valence-corrected chi connectivity index (χ1v) is 7.96. The van der Waals surface area contributed by atoms with Crippen molar-refractivity contribution in [2.24, 2.45) is 16.0 Å². The molecule has 128 valence electrons. The Morgan fingerprint density at radius 1 is 1.12 bits per heavy atom. The zero-order chi connectivity index (χ0) is 18.1. The van der Waals surface area contributed by atoms with Gasteiger partial charge in [-0.3, -0.25) is 9.20 Å². The van der Waals surface area contributed by atoms with Crippen LogP contribution < -0.4 is 5.73 Å². The maximum absolute atomic E-state index is 11.2. The fraction of sp³-hybridized carbons (Fsp3) is 0.0526. The molecule has 0 radical (unpaired) electrons. The number of aryl methyl sites for hydroxylation is 1. The van der Waals surface area contributed by atoms with E-state index in [1.54, 1.807) is 36.6 Å². The van der Waals surface area contributed by atoms with E-state index in [0.29, 0.717) is 28.5 Å². The summed E-state index contributed by atoms with van der Waals surface area (Å²) in [6, 6.07) is 14.1. The van der Waals surface area contributed by atoms with E-state index in [-0.39, 0.29) is 0 Å². The molecule has 0 atom stereocenters. The van der Waals surface area contributed by atoms with E-state index >= 15 is 0 Å². The van der Waals surface area contributed by atoms with Gasteiger partial charge in [-0.15, -0.1) is 10.2 Å². The van der Waals surface area contributed by atoms with Gasteiger partial charge in [-0.2, -0.15) is 0 Å². The van der Waals surface area contributed by atoms with Crippen molar-refractivity contribution in [3.8, 4) is 11.5 Å². The number of furan rings is 1. The molecule has 1 amide bonds. The van der Waals surface area contributed by atoms with Crippen LogP contribution >= 0.6 is 0 Å². The predicted octanol–water partition coefficient (Wildman–Crippen LogP) is 4.42. The van der Waals surface area contributed by atoms with Crippen molar-refractivity contribution in [2.45, 2.75) is 6.92 Å². The number of carbonyl (C=O) groups is 1. The highest BCUT2D eigenvalue weighted by Gasteiger charge is 2.17. The Kier molecular flexibility index (Phi) is 3.81. The highest BCUT2D eigenvalue weighted by Crippen LogP contribution is 2.33. The maximum Gasteiger partial charge on any atom is 0.248 e. The van der Waals surface area contributed by atoms with E-state index in [1.165, 1.54) is 0 Å². The van der Waals surface area contributed by atoms with Crippen LogP contribution in [-0.4, -0.2) is 15.3 Å². The van der Waals surface area contributed by atoms with Gasteiger partial charge in [0.2, 0.25) is 5.91 Å². The summed E-state index contributed by atoms with van der Waals surface area (Å²) in [5.74, 6) is 0.703. The molecule has 0 fully saturated rings. The molecular weight excluding hydrogens is 330 g/mol. The molecule has 0 spiro atoms. The third kappa shape index (κ3) is 2.75. The minimum Gasteiger partial charge on any atom is -0.463 e. The van der Waals surface area contributed by atoms with E-state index < -0.39 is 5.91 Å². The van der Waals surface area contributed by atoms with Crippen molar-refractivity contribution in [1.82, 2.24) is 9.38 Å². The Morgan fingerprint density at radius 2 is 1.92 bits per heavy atom. The number of hydrogen-bond acceptors (Lipinski definition) is 5. The fourth-order valence-corrected chi connectivity index (χ4v) is 2.66. The molecule has 0 aliphatic heterocycles. The molecule has 1 aromatic carbocycles. The van der Waals surface area contributed by atoms with Gasteiger partial charge in [-0.05, 0) is 55.0 Å². The number of aromatic nitrogens is 2. The zero-order valence-electron chi connectivity index (χ0n) is 14.0. The first kappa shape index (κ1) is 15.8. The van der Waals surface area contributed by atoms with Crippen LogP contribution in [0.3, 0.4) is 0 Å². The number of primary amides is 1. The first-order chi connectivity index (χ1) is 12.6. The van der Waals surface area contributed by atoms with Gasteiger partial charge in [0.15, 0.2) is 17.3 Å². The topological polar surface area (TPSA) is 98.2 Å². The Bertz CT molecular complexity index is 1110. The molecule has 0 bridgehead atoms. The number of hydrogen-bond donors (Lipinski definition) is 1. The standard InChI is InChI=1S/C19H15N5O2/c1-12-4-2-10-24-18(12)21-16(15-5-3-11-26-15)19(24)23-22-14-8-6-13(7-9-14)17(20)25/h2-11H,1H3,(H2,20,25). The van der Waals surface area contributed by atoms with Gasteiger partial charge in [0.25, 0.3) is 0 Å². The second-order valence-corrected chi connectivity index (χ2v) is 5.76. The number of carbonyl (C=O) groups excluding carboxylic acids is 1. The van der Waals surface area contributed by atoms with Crippen LogP contribution in [0.1, 0.15) is 15.9 Å². The van der Waals surface area contributed by atoms with Crippen LogP contribution in [0.25, 0.3) is 17.1 Å². The van der Waals surface area contributed by atoms with Crippen LogP contribution in [0.4, 0.5) is 11.5 Å². The van der Waals surface area contributed by atoms with Crippen LogP contribution in [0, 0.1) is 6.92 Å². The van der Waals surface area contributed by atoms with Gasteiger partial charge >= 0.3 is 0 Å². The van der Waals surface area contributed by atoms with E-state index in [9.17, 15) is 4.79 Å². The number of nitrogens with two attached hydrogens (primary N) is 1. The second kappa shape index (κ2) is 6.29. The molecule has 7 heteroatoms. The lowest BCUT2D eigenvalue weighted by Gasteiger charge is -1.99. The van der Waals surface area contributed by atoms with Crippen LogP contribution in [-0.2, 0) is 0 Å². The normalized spacial score (nSPS) is 11.4. The quantitative estimate of drug-likeness (QED) is 0.554. The summed E-state index contributed by atoms with van der Waals surface area (Å²) in [5, 5.41) is 8.66. The molecule has 4 rings (SSSR count). The summed E-state index contributed by atoms with van der Waals surface area (Å²) in [6.07, 6.45) is 3.47. The molecule has 3 aromatic heterocycles. The van der Waals surface area contributed by atoms with Crippen molar-refractivity contribution in [3.05, 3.63) is 72.1 Å². The van der Waals surface area contributed by atoms with E-state index in [4.69, 9.17) is 10.2 Å². The SMILES string of the molecule is Cc1cccn2c(N=Nc3ccc(C(N)=O)cc3)c(-c3ccco3)nc12.